The van der Waals surface area contributed by atoms with Gasteiger partial charge in [-0.05, 0) is 23.8 Å². The highest BCUT2D eigenvalue weighted by Gasteiger charge is 2.18. The number of nitrogens with zero attached hydrogens (tertiary/aromatic N) is 1. The summed E-state index contributed by atoms with van der Waals surface area (Å²) in [5.74, 6) is 2.36. The van der Waals surface area contributed by atoms with E-state index in [9.17, 15) is 4.79 Å². The molecule has 2 aromatic heterocycles. The summed E-state index contributed by atoms with van der Waals surface area (Å²) >= 11 is 0. The first-order valence-corrected chi connectivity index (χ1v) is 9.92. The van der Waals surface area contributed by atoms with Crippen LogP contribution in [0.25, 0.3) is 33.6 Å². The minimum Gasteiger partial charge on any atom is -0.493 e. The molecule has 2 heterocycles. The largest absolute Gasteiger partial charge is 0.493 e. The van der Waals surface area contributed by atoms with Crippen molar-refractivity contribution in [3.05, 3.63) is 60.3 Å². The molecule has 2 aromatic carbocycles. The molecular formula is C25H23NO5. The number of carbonyl (C=O) groups excluding carboxylic acids is 1. The summed E-state index contributed by atoms with van der Waals surface area (Å²) in [6.45, 7) is 1.86. The molecule has 0 unspecified atom stereocenters. The van der Waals surface area contributed by atoms with E-state index in [0.717, 1.165) is 22.2 Å². The topological polar surface area (TPSA) is 70.8 Å². The third kappa shape index (κ3) is 3.72. The van der Waals surface area contributed by atoms with E-state index in [2.05, 4.69) is 4.98 Å². The number of benzene rings is 2. The molecule has 0 radical (unpaired) electrons. The van der Waals surface area contributed by atoms with Crippen molar-refractivity contribution in [2.45, 2.75) is 13.3 Å². The second kappa shape index (κ2) is 8.52. The quantitative estimate of drug-likeness (QED) is 0.355. The number of aromatic nitrogens is 1. The van der Waals surface area contributed by atoms with Gasteiger partial charge in [0, 0.05) is 35.4 Å². The molecule has 6 heteroatoms. The van der Waals surface area contributed by atoms with Gasteiger partial charge in [0.2, 0.25) is 5.75 Å². The molecule has 0 fully saturated rings. The van der Waals surface area contributed by atoms with Crippen LogP contribution in [0.1, 0.15) is 23.7 Å². The molecule has 0 saturated carbocycles. The van der Waals surface area contributed by atoms with Gasteiger partial charge in [0.25, 0.3) is 0 Å². The highest BCUT2D eigenvalue weighted by atomic mass is 16.5. The summed E-state index contributed by atoms with van der Waals surface area (Å²) in [5.41, 5.74) is 4.73. The first kappa shape index (κ1) is 20.5. The van der Waals surface area contributed by atoms with E-state index in [1.807, 2.05) is 55.5 Å². The fourth-order valence-corrected chi connectivity index (χ4v) is 3.57. The van der Waals surface area contributed by atoms with Gasteiger partial charge in [-0.25, -0.2) is 0 Å². The first-order valence-electron chi connectivity index (χ1n) is 9.92. The SMILES string of the molecule is CCC(=O)c1ccc(-c2ccnc3cc(-c4cc(OC)c(OC)c(OC)c4)oc23)cc1. The maximum atomic E-state index is 11.9. The number of Topliss-reactive ketones (excluding diaryl/α,β-unsaturated/α-hetero) is 1. The number of hydrogen-bond acceptors (Lipinski definition) is 6. The van der Waals surface area contributed by atoms with E-state index in [1.54, 1.807) is 27.5 Å². The van der Waals surface area contributed by atoms with Crippen LogP contribution in [0.15, 0.2) is 59.1 Å². The van der Waals surface area contributed by atoms with Gasteiger partial charge in [0.1, 0.15) is 11.3 Å². The van der Waals surface area contributed by atoms with E-state index in [4.69, 9.17) is 18.6 Å². The standard InChI is InChI=1S/C25H23NO5/c1-5-20(27)16-8-6-15(7-9-16)18-10-11-26-19-14-21(31-24(18)19)17-12-22(28-2)25(30-4)23(13-17)29-3/h6-14H,5H2,1-4H3. The second-order valence-corrected chi connectivity index (χ2v) is 6.95. The van der Waals surface area contributed by atoms with Gasteiger partial charge in [-0.3, -0.25) is 9.78 Å². The van der Waals surface area contributed by atoms with Crippen LogP contribution >= 0.6 is 0 Å². The van der Waals surface area contributed by atoms with Gasteiger partial charge in [-0.2, -0.15) is 0 Å². The predicted molar refractivity (Wildman–Crippen MR) is 119 cm³/mol. The van der Waals surface area contributed by atoms with Crippen LogP contribution in [-0.4, -0.2) is 32.1 Å². The van der Waals surface area contributed by atoms with Crippen LogP contribution in [0.5, 0.6) is 17.2 Å². The van der Waals surface area contributed by atoms with Gasteiger partial charge in [0.15, 0.2) is 22.9 Å². The van der Waals surface area contributed by atoms with E-state index in [0.29, 0.717) is 40.6 Å². The summed E-state index contributed by atoms with van der Waals surface area (Å²) in [7, 11) is 4.72. The zero-order chi connectivity index (χ0) is 22.0. The van der Waals surface area contributed by atoms with Gasteiger partial charge < -0.3 is 18.6 Å². The highest BCUT2D eigenvalue weighted by molar-refractivity contribution is 5.97. The third-order valence-electron chi connectivity index (χ3n) is 5.20. The highest BCUT2D eigenvalue weighted by Crippen LogP contribution is 2.42. The molecule has 6 nitrogen and oxygen atoms in total. The Kier molecular flexibility index (Phi) is 5.62. The average molecular weight is 417 g/mol. The van der Waals surface area contributed by atoms with Crippen molar-refractivity contribution in [3.63, 3.8) is 0 Å². The molecule has 0 bridgehead atoms. The Morgan fingerprint density at radius 2 is 1.58 bits per heavy atom. The van der Waals surface area contributed by atoms with E-state index < -0.39 is 0 Å². The molecule has 0 aliphatic carbocycles. The first-order chi connectivity index (χ1) is 15.1. The Balaban J connectivity index is 1.81. The van der Waals surface area contributed by atoms with E-state index >= 15 is 0 Å². The zero-order valence-corrected chi connectivity index (χ0v) is 17.9. The minimum atomic E-state index is 0.120. The van der Waals surface area contributed by atoms with Gasteiger partial charge in [0.05, 0.1) is 21.3 Å². The van der Waals surface area contributed by atoms with Crippen LogP contribution in [0.2, 0.25) is 0 Å². The Morgan fingerprint density at radius 1 is 0.903 bits per heavy atom. The van der Waals surface area contributed by atoms with Crippen LogP contribution in [0.3, 0.4) is 0 Å². The Hall–Kier alpha value is -3.80. The molecule has 0 amide bonds. The van der Waals surface area contributed by atoms with Crippen LogP contribution in [0, 0.1) is 0 Å². The molecule has 158 valence electrons. The lowest BCUT2D eigenvalue weighted by Crippen LogP contribution is -1.95. The van der Waals surface area contributed by atoms with Crippen molar-refractivity contribution in [2.75, 3.05) is 21.3 Å². The number of ether oxygens (including phenoxy) is 3. The Bertz CT molecular complexity index is 1220. The smallest absolute Gasteiger partial charge is 0.203 e. The summed E-state index contributed by atoms with van der Waals surface area (Å²) in [5, 5.41) is 0. The average Bonchev–Trinajstić information content (AvgIpc) is 3.27. The number of pyridine rings is 1. The number of furan rings is 1. The Labute approximate surface area is 180 Å². The number of ketones is 1. The summed E-state index contributed by atoms with van der Waals surface area (Å²) in [4.78, 5) is 16.4. The van der Waals surface area contributed by atoms with Crippen molar-refractivity contribution in [3.8, 4) is 39.7 Å². The van der Waals surface area contributed by atoms with E-state index in [1.165, 1.54) is 0 Å². The molecule has 0 aliphatic rings. The van der Waals surface area contributed by atoms with Crippen LogP contribution in [-0.2, 0) is 0 Å². The molecule has 0 N–H and O–H groups in total. The predicted octanol–water partition coefficient (Wildman–Crippen LogP) is 5.78. The lowest BCUT2D eigenvalue weighted by molar-refractivity contribution is 0.0988. The van der Waals surface area contributed by atoms with Gasteiger partial charge in [-0.1, -0.05) is 31.2 Å². The number of methoxy groups -OCH3 is 3. The second-order valence-electron chi connectivity index (χ2n) is 6.95. The summed E-state index contributed by atoms with van der Waals surface area (Å²) < 4.78 is 22.5. The van der Waals surface area contributed by atoms with Crippen molar-refractivity contribution >= 4 is 16.9 Å². The molecule has 0 saturated heterocycles. The number of carbonyl (C=O) groups is 1. The Morgan fingerprint density at radius 3 is 2.16 bits per heavy atom. The van der Waals surface area contributed by atoms with Crippen LogP contribution in [0.4, 0.5) is 0 Å². The van der Waals surface area contributed by atoms with Crippen molar-refractivity contribution < 1.29 is 23.4 Å². The zero-order valence-electron chi connectivity index (χ0n) is 17.9. The molecule has 0 spiro atoms. The molecule has 31 heavy (non-hydrogen) atoms. The van der Waals surface area contributed by atoms with Crippen LogP contribution < -0.4 is 14.2 Å². The third-order valence-corrected chi connectivity index (χ3v) is 5.20. The van der Waals surface area contributed by atoms with Crippen molar-refractivity contribution in [1.29, 1.82) is 0 Å². The summed E-state index contributed by atoms with van der Waals surface area (Å²) in [6, 6.07) is 15.0. The molecule has 4 aromatic rings. The molecular weight excluding hydrogens is 394 g/mol. The molecule has 0 aliphatic heterocycles. The summed E-state index contributed by atoms with van der Waals surface area (Å²) in [6.07, 6.45) is 2.23. The molecule has 0 atom stereocenters. The monoisotopic (exact) mass is 417 g/mol. The van der Waals surface area contributed by atoms with Crippen molar-refractivity contribution in [2.24, 2.45) is 0 Å². The fourth-order valence-electron chi connectivity index (χ4n) is 3.57. The minimum absolute atomic E-state index is 0.120. The maximum Gasteiger partial charge on any atom is 0.203 e. The van der Waals surface area contributed by atoms with Crippen molar-refractivity contribution in [1.82, 2.24) is 4.98 Å². The van der Waals surface area contributed by atoms with E-state index in [-0.39, 0.29) is 5.78 Å². The van der Waals surface area contributed by atoms with Gasteiger partial charge >= 0.3 is 0 Å². The molecule has 4 rings (SSSR count). The lowest BCUT2D eigenvalue weighted by Gasteiger charge is -2.13. The maximum absolute atomic E-state index is 11.9. The number of rotatable bonds is 7. The number of hydrogen-bond donors (Lipinski definition) is 0. The fraction of sp³-hybridized carbons (Fsp3) is 0.200. The lowest BCUT2D eigenvalue weighted by atomic mass is 10.0. The normalized spacial score (nSPS) is 10.8. The van der Waals surface area contributed by atoms with Gasteiger partial charge in [-0.15, -0.1) is 0 Å². The number of fused-ring (bicyclic) bond motifs is 1.